The lowest BCUT2D eigenvalue weighted by Gasteiger charge is -2.27. The van der Waals surface area contributed by atoms with Gasteiger partial charge in [-0.2, -0.15) is 10.1 Å². The van der Waals surface area contributed by atoms with E-state index in [4.69, 9.17) is 4.52 Å². The van der Waals surface area contributed by atoms with Gasteiger partial charge in [0.2, 0.25) is 17.6 Å². The largest absolute Gasteiger partial charge is 0.339 e. The zero-order valence-corrected chi connectivity index (χ0v) is 18.1. The van der Waals surface area contributed by atoms with E-state index in [1.165, 1.54) is 0 Å². The molecule has 0 atom stereocenters. The van der Waals surface area contributed by atoms with Gasteiger partial charge in [-0.1, -0.05) is 35.5 Å². The van der Waals surface area contributed by atoms with Crippen LogP contribution in [0.5, 0.6) is 0 Å². The van der Waals surface area contributed by atoms with Crippen molar-refractivity contribution < 1.29 is 9.32 Å². The maximum absolute atomic E-state index is 13.0. The van der Waals surface area contributed by atoms with Gasteiger partial charge in [0.05, 0.1) is 0 Å². The summed E-state index contributed by atoms with van der Waals surface area (Å²) in [5.74, 6) is 1.79. The molecule has 164 valence electrons. The monoisotopic (exact) mass is 432 g/mol. The summed E-state index contributed by atoms with van der Waals surface area (Å²) in [6.07, 6.45) is 3.18. The van der Waals surface area contributed by atoms with Crippen LogP contribution in [0.25, 0.3) is 22.9 Å². The first-order chi connectivity index (χ1) is 15.6. The highest BCUT2D eigenvalue weighted by atomic mass is 16.5. The van der Waals surface area contributed by atoms with Gasteiger partial charge in [0, 0.05) is 62.8 Å². The molecule has 1 aliphatic heterocycles. The Bertz CT molecular complexity index is 1240. The van der Waals surface area contributed by atoms with E-state index in [0.717, 1.165) is 41.3 Å². The first-order valence-corrected chi connectivity index (χ1v) is 10.7. The number of amides is 1. The van der Waals surface area contributed by atoms with Gasteiger partial charge in [-0.05, 0) is 6.92 Å². The van der Waals surface area contributed by atoms with Crippen LogP contribution in [0.2, 0.25) is 0 Å². The van der Waals surface area contributed by atoms with Crippen LogP contribution in [0.3, 0.4) is 0 Å². The van der Waals surface area contributed by atoms with Crippen LogP contribution in [-0.4, -0.2) is 52.0 Å². The number of carbonyl (C=O) groups is 1. The third kappa shape index (κ3) is 3.68. The molecule has 1 aliphatic rings. The van der Waals surface area contributed by atoms with E-state index in [9.17, 15) is 4.79 Å². The molecule has 10 nitrogen and oxygen atoms in total. The van der Waals surface area contributed by atoms with Crippen molar-refractivity contribution >= 4 is 5.91 Å². The number of hydrogen-bond donors (Lipinski definition) is 0. The molecule has 0 saturated heterocycles. The van der Waals surface area contributed by atoms with Crippen molar-refractivity contribution in [2.24, 2.45) is 7.05 Å². The standard InChI is InChI=1S/C22H24N8O2/c1-3-29-14-23-25-22(29)20-16-13-30(12-11-17(16)28(2)26-20)19(31)10-9-18-24-21(27-32-18)15-7-5-4-6-8-15/h4-8,14H,3,9-13H2,1-2H3. The van der Waals surface area contributed by atoms with Gasteiger partial charge < -0.3 is 14.0 Å². The van der Waals surface area contributed by atoms with Crippen LogP contribution in [0, 0.1) is 0 Å². The van der Waals surface area contributed by atoms with Crippen LogP contribution < -0.4 is 0 Å². The Hall–Kier alpha value is -3.82. The molecule has 0 bridgehead atoms. The molecular weight excluding hydrogens is 408 g/mol. The minimum atomic E-state index is 0.0573. The number of nitrogens with zero attached hydrogens (tertiary/aromatic N) is 8. The SMILES string of the molecule is CCn1cnnc1-c1nn(C)c2c1CN(C(=O)CCc1nc(-c3ccccc3)no1)CC2. The van der Waals surface area contributed by atoms with Gasteiger partial charge in [0.1, 0.15) is 12.0 Å². The van der Waals surface area contributed by atoms with E-state index in [0.29, 0.717) is 37.6 Å². The molecule has 3 aromatic heterocycles. The fourth-order valence-electron chi connectivity index (χ4n) is 4.09. The second-order valence-corrected chi connectivity index (χ2v) is 7.78. The fraction of sp³-hybridized carbons (Fsp3) is 0.364. The van der Waals surface area contributed by atoms with Gasteiger partial charge >= 0.3 is 0 Å². The summed E-state index contributed by atoms with van der Waals surface area (Å²) in [5, 5.41) is 17.0. The summed E-state index contributed by atoms with van der Waals surface area (Å²) in [6.45, 7) is 3.96. The topological polar surface area (TPSA) is 108 Å². The quantitative estimate of drug-likeness (QED) is 0.460. The number of carbonyl (C=O) groups excluding carboxylic acids is 1. The maximum Gasteiger partial charge on any atom is 0.227 e. The molecule has 0 radical (unpaired) electrons. The van der Waals surface area contributed by atoms with E-state index in [1.807, 2.05) is 58.5 Å². The number of hydrogen-bond acceptors (Lipinski definition) is 7. The van der Waals surface area contributed by atoms with Gasteiger partial charge in [-0.3, -0.25) is 9.48 Å². The van der Waals surface area contributed by atoms with Crippen molar-refractivity contribution in [3.63, 3.8) is 0 Å². The van der Waals surface area contributed by atoms with E-state index >= 15 is 0 Å². The second kappa shape index (κ2) is 8.37. The molecule has 0 spiro atoms. The van der Waals surface area contributed by atoms with Crippen LogP contribution in [-0.2, 0) is 37.8 Å². The third-order valence-electron chi connectivity index (χ3n) is 5.82. The Labute approximate surface area is 184 Å². The Morgan fingerprint density at radius 3 is 2.88 bits per heavy atom. The predicted molar refractivity (Wildman–Crippen MR) is 115 cm³/mol. The predicted octanol–water partition coefficient (Wildman–Crippen LogP) is 2.27. The average molecular weight is 432 g/mol. The van der Waals surface area contributed by atoms with Crippen molar-refractivity contribution in [1.29, 1.82) is 0 Å². The highest BCUT2D eigenvalue weighted by Gasteiger charge is 2.29. The molecular formula is C22H24N8O2. The zero-order valence-electron chi connectivity index (χ0n) is 18.1. The molecule has 10 heteroatoms. The van der Waals surface area contributed by atoms with Gasteiger partial charge in [0.25, 0.3) is 0 Å². The summed E-state index contributed by atoms with van der Waals surface area (Å²) in [4.78, 5) is 19.3. The molecule has 0 saturated carbocycles. The Morgan fingerprint density at radius 2 is 2.06 bits per heavy atom. The highest BCUT2D eigenvalue weighted by Crippen LogP contribution is 2.29. The first-order valence-electron chi connectivity index (χ1n) is 10.7. The number of benzene rings is 1. The van der Waals surface area contributed by atoms with Crippen LogP contribution in [0.1, 0.15) is 30.5 Å². The van der Waals surface area contributed by atoms with E-state index < -0.39 is 0 Å². The summed E-state index contributed by atoms with van der Waals surface area (Å²) in [7, 11) is 1.94. The van der Waals surface area contributed by atoms with E-state index in [-0.39, 0.29) is 5.91 Å². The van der Waals surface area contributed by atoms with Crippen LogP contribution in [0.4, 0.5) is 0 Å². The van der Waals surface area contributed by atoms with Gasteiger partial charge in [-0.15, -0.1) is 10.2 Å². The van der Waals surface area contributed by atoms with E-state index in [1.54, 1.807) is 6.33 Å². The second-order valence-electron chi connectivity index (χ2n) is 7.78. The minimum Gasteiger partial charge on any atom is -0.339 e. The molecule has 1 aromatic carbocycles. The fourth-order valence-corrected chi connectivity index (χ4v) is 4.09. The lowest BCUT2D eigenvalue weighted by Crippen LogP contribution is -2.36. The Kier molecular flexibility index (Phi) is 5.26. The molecule has 0 aliphatic carbocycles. The summed E-state index contributed by atoms with van der Waals surface area (Å²) in [6, 6.07) is 9.64. The Balaban J connectivity index is 1.28. The number of rotatable bonds is 6. The van der Waals surface area contributed by atoms with Crippen LogP contribution in [0.15, 0.2) is 41.2 Å². The van der Waals surface area contributed by atoms with Crippen molar-refractivity contribution in [2.75, 3.05) is 6.54 Å². The van der Waals surface area contributed by atoms with Gasteiger partial charge in [0.15, 0.2) is 5.82 Å². The molecule has 4 heterocycles. The van der Waals surface area contributed by atoms with E-state index in [2.05, 4.69) is 25.4 Å². The molecule has 0 fully saturated rings. The van der Waals surface area contributed by atoms with Crippen molar-refractivity contribution in [2.45, 2.75) is 39.3 Å². The molecule has 5 rings (SSSR count). The Morgan fingerprint density at radius 1 is 1.22 bits per heavy atom. The normalized spacial score (nSPS) is 13.4. The first kappa shape index (κ1) is 20.1. The maximum atomic E-state index is 13.0. The molecule has 1 amide bonds. The van der Waals surface area contributed by atoms with Crippen molar-refractivity contribution in [3.8, 4) is 22.9 Å². The third-order valence-corrected chi connectivity index (χ3v) is 5.82. The molecule has 32 heavy (non-hydrogen) atoms. The molecule has 0 N–H and O–H groups in total. The van der Waals surface area contributed by atoms with Crippen LogP contribution >= 0.6 is 0 Å². The lowest BCUT2D eigenvalue weighted by molar-refractivity contribution is -0.132. The summed E-state index contributed by atoms with van der Waals surface area (Å²) >= 11 is 0. The lowest BCUT2D eigenvalue weighted by atomic mass is 10.0. The highest BCUT2D eigenvalue weighted by molar-refractivity contribution is 5.77. The number of aromatic nitrogens is 7. The summed E-state index contributed by atoms with van der Waals surface area (Å²) in [5.41, 5.74) is 3.86. The zero-order chi connectivity index (χ0) is 22.1. The summed E-state index contributed by atoms with van der Waals surface area (Å²) < 4.78 is 9.20. The van der Waals surface area contributed by atoms with Crippen molar-refractivity contribution in [3.05, 3.63) is 53.8 Å². The smallest absolute Gasteiger partial charge is 0.227 e. The minimum absolute atomic E-state index is 0.0573. The number of aryl methyl sites for hydroxylation is 3. The van der Waals surface area contributed by atoms with Crippen molar-refractivity contribution in [1.82, 2.24) is 39.6 Å². The molecule has 4 aromatic rings. The molecule has 0 unspecified atom stereocenters. The number of fused-ring (bicyclic) bond motifs is 1. The van der Waals surface area contributed by atoms with Gasteiger partial charge in [-0.25, -0.2) is 0 Å². The average Bonchev–Trinajstić information content (AvgIpc) is 3.56.